The predicted octanol–water partition coefficient (Wildman–Crippen LogP) is 3.02. The normalized spacial score (nSPS) is 27.7. The second-order valence-electron chi connectivity index (χ2n) is 6.74. The molecule has 1 aromatic carbocycles. The van der Waals surface area contributed by atoms with Crippen molar-refractivity contribution in [3.63, 3.8) is 0 Å². The lowest BCUT2D eigenvalue weighted by atomic mass is 9.98. The molecule has 2 fully saturated rings. The van der Waals surface area contributed by atoms with Gasteiger partial charge in [0.1, 0.15) is 0 Å². The summed E-state index contributed by atoms with van der Waals surface area (Å²) in [5.74, 6) is 1.37. The van der Waals surface area contributed by atoms with Crippen molar-refractivity contribution < 1.29 is 4.79 Å². The molecule has 1 aliphatic heterocycles. The Morgan fingerprint density at radius 1 is 1.18 bits per heavy atom. The topological polar surface area (TPSA) is 46.3 Å². The van der Waals surface area contributed by atoms with Crippen molar-refractivity contribution in [2.75, 3.05) is 13.1 Å². The van der Waals surface area contributed by atoms with Crippen LogP contribution in [0.25, 0.3) is 0 Å². The Hall–Kier alpha value is -1.06. The lowest BCUT2D eigenvalue weighted by molar-refractivity contribution is -0.131. The molecule has 3 nitrogen and oxygen atoms in total. The number of carbonyl (C=O) groups excluding carboxylic acids is 1. The highest BCUT2D eigenvalue weighted by atomic mass is 35.5. The number of benzene rings is 1. The molecule has 3 atom stereocenters. The minimum absolute atomic E-state index is 0. The molecule has 1 unspecified atom stereocenters. The van der Waals surface area contributed by atoms with E-state index in [1.807, 2.05) is 0 Å². The van der Waals surface area contributed by atoms with E-state index in [9.17, 15) is 4.79 Å². The molecule has 1 saturated heterocycles. The molecular formula is C18H27ClN2O. The average molecular weight is 323 g/mol. The van der Waals surface area contributed by atoms with Gasteiger partial charge in [-0.15, -0.1) is 12.4 Å². The molecule has 4 heteroatoms. The Labute approximate surface area is 139 Å². The lowest BCUT2D eigenvalue weighted by Crippen LogP contribution is -2.34. The summed E-state index contributed by atoms with van der Waals surface area (Å²) in [6.45, 7) is 1.86. The molecule has 0 bridgehead atoms. The maximum absolute atomic E-state index is 12.4. The van der Waals surface area contributed by atoms with Crippen LogP contribution in [-0.2, 0) is 11.2 Å². The molecule has 1 heterocycles. The fraction of sp³-hybridized carbons (Fsp3) is 0.611. The minimum Gasteiger partial charge on any atom is -0.342 e. The van der Waals surface area contributed by atoms with Crippen LogP contribution in [-0.4, -0.2) is 29.9 Å². The van der Waals surface area contributed by atoms with Gasteiger partial charge < -0.3 is 10.6 Å². The fourth-order valence-electron chi connectivity index (χ4n) is 3.85. The van der Waals surface area contributed by atoms with E-state index in [1.165, 1.54) is 12.0 Å². The predicted molar refractivity (Wildman–Crippen MR) is 92.0 cm³/mol. The highest BCUT2D eigenvalue weighted by Crippen LogP contribution is 2.29. The first kappa shape index (κ1) is 17.3. The Kier molecular flexibility index (Phi) is 6.27. The van der Waals surface area contributed by atoms with Gasteiger partial charge in [0.05, 0.1) is 0 Å². The lowest BCUT2D eigenvalue weighted by Gasteiger charge is -2.21. The summed E-state index contributed by atoms with van der Waals surface area (Å²) in [4.78, 5) is 14.5. The number of rotatable bonds is 4. The molecule has 1 aliphatic carbocycles. The highest BCUT2D eigenvalue weighted by molar-refractivity contribution is 5.85. The third-order valence-electron chi connectivity index (χ3n) is 5.16. The Morgan fingerprint density at radius 3 is 2.64 bits per heavy atom. The van der Waals surface area contributed by atoms with Gasteiger partial charge in [-0.25, -0.2) is 0 Å². The number of nitrogens with zero attached hydrogens (tertiary/aromatic N) is 1. The van der Waals surface area contributed by atoms with Crippen LogP contribution in [0.4, 0.5) is 0 Å². The van der Waals surface area contributed by atoms with Crippen LogP contribution in [0.15, 0.2) is 30.3 Å². The van der Waals surface area contributed by atoms with Crippen LogP contribution in [0.5, 0.6) is 0 Å². The zero-order valence-corrected chi connectivity index (χ0v) is 13.9. The number of nitrogens with two attached hydrogens (primary N) is 1. The number of hydrogen-bond acceptors (Lipinski definition) is 2. The molecule has 1 aromatic rings. The van der Waals surface area contributed by atoms with Crippen LogP contribution < -0.4 is 5.73 Å². The van der Waals surface area contributed by atoms with E-state index < -0.39 is 0 Å². The van der Waals surface area contributed by atoms with Crippen LogP contribution in [0.2, 0.25) is 0 Å². The van der Waals surface area contributed by atoms with Gasteiger partial charge in [0.25, 0.3) is 0 Å². The van der Waals surface area contributed by atoms with Crippen LogP contribution in [0.3, 0.4) is 0 Å². The summed E-state index contributed by atoms with van der Waals surface area (Å²) in [6, 6.07) is 10.9. The van der Waals surface area contributed by atoms with Gasteiger partial charge in [-0.2, -0.15) is 0 Å². The summed E-state index contributed by atoms with van der Waals surface area (Å²) < 4.78 is 0. The van der Waals surface area contributed by atoms with Gasteiger partial charge in [0, 0.05) is 25.6 Å². The highest BCUT2D eigenvalue weighted by Gasteiger charge is 2.31. The molecule has 0 radical (unpaired) electrons. The smallest absolute Gasteiger partial charge is 0.222 e. The van der Waals surface area contributed by atoms with E-state index in [0.29, 0.717) is 24.2 Å². The third-order valence-corrected chi connectivity index (χ3v) is 5.16. The molecule has 122 valence electrons. The minimum atomic E-state index is 0. The number of amides is 1. The van der Waals surface area contributed by atoms with E-state index in [4.69, 9.17) is 5.73 Å². The molecule has 0 aromatic heterocycles. The van der Waals surface area contributed by atoms with Gasteiger partial charge in [-0.3, -0.25) is 4.79 Å². The molecule has 2 aliphatic rings. The first-order valence-electron chi connectivity index (χ1n) is 8.29. The summed E-state index contributed by atoms with van der Waals surface area (Å²) in [6.07, 6.45) is 6.31. The number of likely N-dealkylation sites (tertiary alicyclic amines) is 1. The SMILES string of the molecule is Cl.N[C@@H]1CCC[C@H]1CC(=O)N1CCC(Cc2ccccc2)C1. The van der Waals surface area contributed by atoms with E-state index >= 15 is 0 Å². The molecule has 3 rings (SSSR count). The largest absolute Gasteiger partial charge is 0.342 e. The summed E-state index contributed by atoms with van der Waals surface area (Å²) in [7, 11) is 0. The van der Waals surface area contributed by atoms with E-state index in [0.717, 1.165) is 38.8 Å². The first-order chi connectivity index (χ1) is 10.2. The van der Waals surface area contributed by atoms with Crippen molar-refractivity contribution in [1.82, 2.24) is 4.90 Å². The van der Waals surface area contributed by atoms with E-state index in [2.05, 4.69) is 35.2 Å². The molecule has 22 heavy (non-hydrogen) atoms. The molecule has 1 amide bonds. The summed E-state index contributed by atoms with van der Waals surface area (Å²) in [5, 5.41) is 0. The molecular weight excluding hydrogens is 296 g/mol. The zero-order chi connectivity index (χ0) is 14.7. The van der Waals surface area contributed by atoms with Crippen molar-refractivity contribution >= 4 is 18.3 Å². The van der Waals surface area contributed by atoms with Crippen LogP contribution >= 0.6 is 12.4 Å². The Balaban J connectivity index is 0.00000176. The standard InChI is InChI=1S/C18H26N2O.ClH/c19-17-8-4-7-16(17)12-18(21)20-10-9-15(13-20)11-14-5-2-1-3-6-14;/h1-3,5-6,15-17H,4,7-13,19H2;1H/t15?,16-,17+;/m0./s1. The zero-order valence-electron chi connectivity index (χ0n) is 13.1. The van der Waals surface area contributed by atoms with Gasteiger partial charge in [0.15, 0.2) is 0 Å². The van der Waals surface area contributed by atoms with Crippen molar-refractivity contribution in [3.8, 4) is 0 Å². The molecule has 0 spiro atoms. The molecule has 1 saturated carbocycles. The van der Waals surface area contributed by atoms with Crippen molar-refractivity contribution in [2.45, 2.75) is 44.6 Å². The Bertz CT molecular complexity index is 479. The monoisotopic (exact) mass is 322 g/mol. The van der Waals surface area contributed by atoms with Crippen LogP contribution in [0, 0.1) is 11.8 Å². The third kappa shape index (κ3) is 4.23. The molecule has 2 N–H and O–H groups in total. The van der Waals surface area contributed by atoms with E-state index in [-0.39, 0.29) is 18.4 Å². The second-order valence-corrected chi connectivity index (χ2v) is 6.74. The average Bonchev–Trinajstić information content (AvgIpc) is 3.10. The van der Waals surface area contributed by atoms with Gasteiger partial charge in [0.2, 0.25) is 5.91 Å². The maximum atomic E-state index is 12.4. The van der Waals surface area contributed by atoms with Crippen LogP contribution in [0.1, 0.15) is 37.7 Å². The van der Waals surface area contributed by atoms with Gasteiger partial charge in [-0.05, 0) is 43.1 Å². The second kappa shape index (κ2) is 7.98. The van der Waals surface area contributed by atoms with Crippen molar-refractivity contribution in [1.29, 1.82) is 0 Å². The fourth-order valence-corrected chi connectivity index (χ4v) is 3.85. The first-order valence-corrected chi connectivity index (χ1v) is 8.29. The van der Waals surface area contributed by atoms with E-state index in [1.54, 1.807) is 0 Å². The van der Waals surface area contributed by atoms with Gasteiger partial charge >= 0.3 is 0 Å². The van der Waals surface area contributed by atoms with Gasteiger partial charge in [-0.1, -0.05) is 36.8 Å². The summed E-state index contributed by atoms with van der Waals surface area (Å²) in [5.41, 5.74) is 7.47. The quantitative estimate of drug-likeness (QED) is 0.926. The van der Waals surface area contributed by atoms with Crippen molar-refractivity contribution in [3.05, 3.63) is 35.9 Å². The Morgan fingerprint density at radius 2 is 1.95 bits per heavy atom. The van der Waals surface area contributed by atoms with Crippen molar-refractivity contribution in [2.24, 2.45) is 17.6 Å². The summed E-state index contributed by atoms with van der Waals surface area (Å²) >= 11 is 0. The number of halogens is 1. The number of hydrogen-bond donors (Lipinski definition) is 1. The number of carbonyl (C=O) groups is 1. The maximum Gasteiger partial charge on any atom is 0.222 e.